The highest BCUT2D eigenvalue weighted by Gasteiger charge is 2.26. The lowest BCUT2D eigenvalue weighted by atomic mass is 10.2. The van der Waals surface area contributed by atoms with Crippen molar-refractivity contribution >= 4 is 23.1 Å². The Hall–Kier alpha value is -2.80. The van der Waals surface area contributed by atoms with Crippen LogP contribution in [0.15, 0.2) is 47.8 Å². The number of aromatic nitrogens is 2. The number of thiophene rings is 1. The number of hydrogen-bond acceptors (Lipinski definition) is 5. The zero-order valence-electron chi connectivity index (χ0n) is 14.4. The summed E-state index contributed by atoms with van der Waals surface area (Å²) in [6, 6.07) is 13.4. The maximum atomic E-state index is 12.4. The second-order valence-corrected chi connectivity index (χ2v) is 7.20. The van der Waals surface area contributed by atoms with Crippen LogP contribution >= 0.6 is 11.3 Å². The summed E-state index contributed by atoms with van der Waals surface area (Å²) in [6.45, 7) is 1.64. The quantitative estimate of drug-likeness (QED) is 0.726. The molecule has 3 aromatic rings. The van der Waals surface area contributed by atoms with E-state index in [0.717, 1.165) is 36.8 Å². The summed E-state index contributed by atoms with van der Waals surface area (Å²) in [5, 5.41) is 12.7. The van der Waals surface area contributed by atoms with Crippen molar-refractivity contribution in [3.05, 3.63) is 53.4 Å². The second kappa shape index (κ2) is 7.21. The third kappa shape index (κ3) is 3.43. The van der Waals surface area contributed by atoms with Gasteiger partial charge in [0.05, 0.1) is 17.7 Å². The van der Waals surface area contributed by atoms with Gasteiger partial charge in [-0.3, -0.25) is 9.89 Å². The normalized spacial score (nSPS) is 16.7. The third-order valence-corrected chi connectivity index (χ3v) is 5.45. The number of methoxy groups -OCH3 is 1. The first kappa shape index (κ1) is 16.7. The molecule has 1 saturated heterocycles. The molecule has 1 aliphatic rings. The van der Waals surface area contributed by atoms with E-state index in [2.05, 4.69) is 37.9 Å². The number of H-pyrrole nitrogens is 1. The predicted octanol–water partition coefficient (Wildman–Crippen LogP) is 3.16. The number of hydrogen-bond donors (Lipinski definition) is 2. The Bertz CT molecular complexity index is 873. The molecule has 6 nitrogen and oxygen atoms in total. The molecule has 7 heteroatoms. The molecule has 4 rings (SSSR count). The molecule has 3 heterocycles. The highest BCUT2D eigenvalue weighted by atomic mass is 32.1. The molecule has 26 heavy (non-hydrogen) atoms. The van der Waals surface area contributed by atoms with Gasteiger partial charge in [-0.25, -0.2) is 0 Å². The number of anilines is 1. The van der Waals surface area contributed by atoms with Crippen molar-refractivity contribution in [3.8, 4) is 16.3 Å². The summed E-state index contributed by atoms with van der Waals surface area (Å²) in [7, 11) is 1.61. The molecule has 0 aliphatic carbocycles. The van der Waals surface area contributed by atoms with Gasteiger partial charge in [0.25, 0.3) is 5.91 Å². The van der Waals surface area contributed by atoms with Gasteiger partial charge < -0.3 is 15.0 Å². The van der Waals surface area contributed by atoms with Crippen molar-refractivity contribution in [2.24, 2.45) is 0 Å². The van der Waals surface area contributed by atoms with Crippen molar-refractivity contribution in [2.45, 2.75) is 12.5 Å². The molecule has 1 fully saturated rings. The van der Waals surface area contributed by atoms with Gasteiger partial charge in [-0.05, 0) is 42.1 Å². The average Bonchev–Trinajstić information content (AvgIpc) is 3.41. The average molecular weight is 368 g/mol. The smallest absolute Gasteiger partial charge is 0.251 e. The standard InChI is InChI=1S/C19H20N4O2S/c1-25-15-6-4-13(5-7-15)19(24)20-14-8-9-23(12-14)18-11-16(21-22-18)17-3-2-10-26-17/h2-7,10-11,14H,8-9,12H2,1H3,(H,20,24)(H,21,22)/t14-/m0/s1. The van der Waals surface area contributed by atoms with Gasteiger partial charge in [0, 0.05) is 30.8 Å². The first-order valence-electron chi connectivity index (χ1n) is 8.52. The Morgan fingerprint density at radius 1 is 1.35 bits per heavy atom. The molecule has 0 unspecified atom stereocenters. The topological polar surface area (TPSA) is 70.2 Å². The van der Waals surface area contributed by atoms with Crippen LogP contribution in [0.1, 0.15) is 16.8 Å². The van der Waals surface area contributed by atoms with Crippen LogP contribution < -0.4 is 15.0 Å². The summed E-state index contributed by atoms with van der Waals surface area (Å²) in [6.07, 6.45) is 0.906. The molecular weight excluding hydrogens is 348 g/mol. The molecule has 0 spiro atoms. The SMILES string of the molecule is COc1ccc(C(=O)N[C@H]2CCN(c3cc(-c4cccs4)[nH]n3)C2)cc1. The van der Waals surface area contributed by atoms with Crippen molar-refractivity contribution in [3.63, 3.8) is 0 Å². The summed E-state index contributed by atoms with van der Waals surface area (Å²) in [5.41, 5.74) is 1.67. The van der Waals surface area contributed by atoms with Gasteiger partial charge >= 0.3 is 0 Å². The van der Waals surface area contributed by atoms with E-state index in [1.807, 2.05) is 6.07 Å². The zero-order valence-corrected chi connectivity index (χ0v) is 15.3. The molecule has 0 radical (unpaired) electrons. The van der Waals surface area contributed by atoms with Crippen LogP contribution in [0.25, 0.3) is 10.6 Å². The molecule has 1 atom stereocenters. The number of aromatic amines is 1. The van der Waals surface area contributed by atoms with E-state index in [-0.39, 0.29) is 11.9 Å². The lowest BCUT2D eigenvalue weighted by molar-refractivity contribution is 0.0940. The fraction of sp³-hybridized carbons (Fsp3) is 0.263. The molecule has 1 aliphatic heterocycles. The summed E-state index contributed by atoms with van der Waals surface area (Å²) in [4.78, 5) is 15.8. The fourth-order valence-corrected chi connectivity index (χ4v) is 3.82. The summed E-state index contributed by atoms with van der Waals surface area (Å²) in [5.74, 6) is 1.61. The van der Waals surface area contributed by atoms with Gasteiger partial charge in [0.15, 0.2) is 5.82 Å². The number of benzene rings is 1. The number of nitrogens with one attached hydrogen (secondary N) is 2. The molecule has 0 saturated carbocycles. The maximum absolute atomic E-state index is 12.4. The monoisotopic (exact) mass is 368 g/mol. The Balaban J connectivity index is 1.37. The second-order valence-electron chi connectivity index (χ2n) is 6.25. The van der Waals surface area contributed by atoms with Crippen molar-refractivity contribution in [2.75, 3.05) is 25.1 Å². The van der Waals surface area contributed by atoms with Gasteiger partial charge in [0.2, 0.25) is 0 Å². The third-order valence-electron chi connectivity index (χ3n) is 4.55. The zero-order chi connectivity index (χ0) is 17.9. The molecule has 1 amide bonds. The Morgan fingerprint density at radius 3 is 2.92 bits per heavy atom. The lowest BCUT2D eigenvalue weighted by Gasteiger charge is -2.16. The van der Waals surface area contributed by atoms with Crippen LogP contribution in [0.2, 0.25) is 0 Å². The number of ether oxygens (including phenoxy) is 1. The van der Waals surface area contributed by atoms with Gasteiger partial charge in [-0.15, -0.1) is 11.3 Å². The van der Waals surface area contributed by atoms with Crippen molar-refractivity contribution in [1.82, 2.24) is 15.5 Å². The molecular formula is C19H20N4O2S. The van der Waals surface area contributed by atoms with Crippen molar-refractivity contribution in [1.29, 1.82) is 0 Å². The van der Waals surface area contributed by atoms with E-state index in [0.29, 0.717) is 5.56 Å². The summed E-state index contributed by atoms with van der Waals surface area (Å²) >= 11 is 1.69. The first-order valence-corrected chi connectivity index (χ1v) is 9.40. The number of rotatable bonds is 5. The molecule has 134 valence electrons. The van der Waals surface area contributed by atoms with E-state index >= 15 is 0 Å². The molecule has 2 N–H and O–H groups in total. The van der Waals surface area contributed by atoms with Crippen LogP contribution in [0.3, 0.4) is 0 Å². The van der Waals surface area contributed by atoms with Gasteiger partial charge in [-0.1, -0.05) is 6.07 Å². The maximum Gasteiger partial charge on any atom is 0.251 e. The van der Waals surface area contributed by atoms with Crippen LogP contribution in [-0.4, -0.2) is 42.3 Å². The van der Waals surface area contributed by atoms with Gasteiger partial charge in [-0.2, -0.15) is 5.10 Å². The van der Waals surface area contributed by atoms with Crippen LogP contribution in [-0.2, 0) is 0 Å². The molecule has 2 aromatic heterocycles. The minimum absolute atomic E-state index is 0.0548. The van der Waals surface area contributed by atoms with Crippen LogP contribution in [0, 0.1) is 0 Å². The van der Waals surface area contributed by atoms with Gasteiger partial charge in [0.1, 0.15) is 5.75 Å². The highest BCUT2D eigenvalue weighted by molar-refractivity contribution is 7.13. The Morgan fingerprint density at radius 2 is 2.19 bits per heavy atom. The Kier molecular flexibility index (Phi) is 4.62. The van der Waals surface area contributed by atoms with E-state index < -0.39 is 0 Å². The largest absolute Gasteiger partial charge is 0.497 e. The molecule has 1 aromatic carbocycles. The van der Waals surface area contributed by atoms with Crippen LogP contribution in [0.4, 0.5) is 5.82 Å². The van der Waals surface area contributed by atoms with Crippen LogP contribution in [0.5, 0.6) is 5.75 Å². The highest BCUT2D eigenvalue weighted by Crippen LogP contribution is 2.27. The van der Waals surface area contributed by atoms with E-state index in [9.17, 15) is 4.79 Å². The fourth-order valence-electron chi connectivity index (χ4n) is 3.13. The molecule has 0 bridgehead atoms. The number of amides is 1. The minimum Gasteiger partial charge on any atom is -0.497 e. The van der Waals surface area contributed by atoms with E-state index in [1.54, 1.807) is 42.7 Å². The van der Waals surface area contributed by atoms with E-state index in [1.165, 1.54) is 4.88 Å². The lowest BCUT2D eigenvalue weighted by Crippen LogP contribution is -2.37. The minimum atomic E-state index is -0.0548. The summed E-state index contributed by atoms with van der Waals surface area (Å²) < 4.78 is 5.13. The number of nitrogens with zero attached hydrogens (tertiary/aromatic N) is 2. The van der Waals surface area contributed by atoms with Crippen molar-refractivity contribution < 1.29 is 9.53 Å². The first-order chi connectivity index (χ1) is 12.7. The van der Waals surface area contributed by atoms with E-state index in [4.69, 9.17) is 4.74 Å². The predicted molar refractivity (Wildman–Crippen MR) is 103 cm³/mol. The number of carbonyl (C=O) groups excluding carboxylic acids is 1. The number of carbonyl (C=O) groups is 1. The Labute approximate surface area is 155 Å².